The van der Waals surface area contributed by atoms with Gasteiger partial charge >= 0.3 is 6.03 Å². The van der Waals surface area contributed by atoms with Gasteiger partial charge in [0.2, 0.25) is 0 Å². The Morgan fingerprint density at radius 2 is 2.44 bits per heavy atom. The van der Waals surface area contributed by atoms with Crippen molar-refractivity contribution in [2.75, 3.05) is 20.2 Å². The largest absolute Gasteiger partial charge is 0.496 e. The number of nitrogens with zero attached hydrogens (tertiary/aromatic N) is 2. The first-order valence-electron chi connectivity index (χ1n) is 5.41. The molecule has 1 N–H and O–H groups in total. The minimum atomic E-state index is -0.390. The summed E-state index contributed by atoms with van der Waals surface area (Å²) in [6.45, 7) is 0.339. The van der Waals surface area contributed by atoms with Crippen molar-refractivity contribution in [2.45, 2.75) is 6.04 Å². The monoisotopic (exact) mass is 249 g/mol. The van der Waals surface area contributed by atoms with Gasteiger partial charge in [0.1, 0.15) is 18.1 Å². The number of rotatable bonds is 3. The van der Waals surface area contributed by atoms with Gasteiger partial charge in [0, 0.05) is 12.1 Å². The minimum absolute atomic E-state index is 0.0139. The maximum absolute atomic E-state index is 13.2. The van der Waals surface area contributed by atoms with Crippen LogP contribution in [0.5, 0.6) is 5.75 Å². The standard InChI is InChI=1S/C12H12FN3O2/c1-18-11-3-2-8(13)6-9(11)10-7-16(5-4-14)12(17)15-10/h2-3,6,10H,5,7H2,1H3,(H,15,17). The molecule has 5 nitrogen and oxygen atoms in total. The van der Waals surface area contributed by atoms with Crippen LogP contribution in [-0.4, -0.2) is 31.1 Å². The number of nitriles is 1. The lowest BCUT2D eigenvalue weighted by Crippen LogP contribution is -2.28. The summed E-state index contributed by atoms with van der Waals surface area (Å²) in [7, 11) is 1.49. The van der Waals surface area contributed by atoms with E-state index in [9.17, 15) is 9.18 Å². The van der Waals surface area contributed by atoms with E-state index in [0.29, 0.717) is 17.9 Å². The second-order valence-electron chi connectivity index (χ2n) is 3.93. The molecular formula is C12H12FN3O2. The Bertz CT molecular complexity index is 513. The van der Waals surface area contributed by atoms with Gasteiger partial charge < -0.3 is 15.0 Å². The molecule has 0 saturated carbocycles. The molecule has 2 rings (SSSR count). The highest BCUT2D eigenvalue weighted by Crippen LogP contribution is 2.29. The fourth-order valence-corrected chi connectivity index (χ4v) is 1.96. The average molecular weight is 249 g/mol. The van der Waals surface area contributed by atoms with Gasteiger partial charge in [0.15, 0.2) is 0 Å². The van der Waals surface area contributed by atoms with Crippen LogP contribution in [0.4, 0.5) is 9.18 Å². The number of urea groups is 1. The Hall–Kier alpha value is -2.29. The van der Waals surface area contributed by atoms with E-state index in [1.807, 2.05) is 6.07 Å². The molecule has 0 radical (unpaired) electrons. The maximum Gasteiger partial charge on any atom is 0.318 e. The van der Waals surface area contributed by atoms with Crippen LogP contribution in [0.15, 0.2) is 18.2 Å². The molecule has 94 valence electrons. The number of amides is 2. The molecule has 6 heteroatoms. The third-order valence-corrected chi connectivity index (χ3v) is 2.82. The van der Waals surface area contributed by atoms with Crippen molar-refractivity contribution in [1.29, 1.82) is 5.26 Å². The van der Waals surface area contributed by atoms with E-state index in [1.165, 1.54) is 30.2 Å². The summed E-state index contributed by atoms with van der Waals surface area (Å²) in [5, 5.41) is 11.3. The number of ether oxygens (including phenoxy) is 1. The SMILES string of the molecule is COc1ccc(F)cc1C1CN(CC#N)C(=O)N1. The van der Waals surface area contributed by atoms with Gasteiger partial charge in [0.05, 0.1) is 19.2 Å². The molecule has 1 aliphatic heterocycles. The van der Waals surface area contributed by atoms with Crippen molar-refractivity contribution < 1.29 is 13.9 Å². The topological polar surface area (TPSA) is 65.4 Å². The van der Waals surface area contributed by atoms with Crippen LogP contribution in [-0.2, 0) is 0 Å². The Kier molecular flexibility index (Phi) is 3.33. The van der Waals surface area contributed by atoms with Crippen molar-refractivity contribution in [2.24, 2.45) is 0 Å². The number of methoxy groups -OCH3 is 1. The third-order valence-electron chi connectivity index (χ3n) is 2.82. The number of halogens is 1. The number of carbonyl (C=O) groups is 1. The van der Waals surface area contributed by atoms with E-state index in [-0.39, 0.29) is 18.6 Å². The van der Waals surface area contributed by atoms with Crippen molar-refractivity contribution in [1.82, 2.24) is 10.2 Å². The van der Waals surface area contributed by atoms with Gasteiger partial charge in [0.25, 0.3) is 0 Å². The van der Waals surface area contributed by atoms with Gasteiger partial charge in [-0.05, 0) is 18.2 Å². The molecule has 1 aromatic carbocycles. The van der Waals surface area contributed by atoms with Gasteiger partial charge in [-0.25, -0.2) is 9.18 Å². The molecule has 1 atom stereocenters. The lowest BCUT2D eigenvalue weighted by molar-refractivity contribution is 0.222. The van der Waals surface area contributed by atoms with Crippen molar-refractivity contribution in [3.63, 3.8) is 0 Å². The summed E-state index contributed by atoms with van der Waals surface area (Å²) < 4.78 is 18.4. The zero-order valence-corrected chi connectivity index (χ0v) is 9.81. The van der Waals surface area contributed by atoms with Gasteiger partial charge in [-0.15, -0.1) is 0 Å². The second kappa shape index (κ2) is 4.92. The average Bonchev–Trinajstić information content (AvgIpc) is 2.71. The Morgan fingerprint density at radius 3 is 3.11 bits per heavy atom. The zero-order chi connectivity index (χ0) is 13.1. The molecule has 1 saturated heterocycles. The highest BCUT2D eigenvalue weighted by Gasteiger charge is 2.31. The maximum atomic E-state index is 13.2. The van der Waals surface area contributed by atoms with Gasteiger partial charge in [-0.3, -0.25) is 0 Å². The molecule has 0 aromatic heterocycles. The van der Waals surface area contributed by atoms with E-state index < -0.39 is 5.82 Å². The van der Waals surface area contributed by atoms with E-state index in [1.54, 1.807) is 0 Å². The van der Waals surface area contributed by atoms with Crippen LogP contribution >= 0.6 is 0 Å². The van der Waals surface area contributed by atoms with Crippen LogP contribution in [0.3, 0.4) is 0 Å². The molecule has 18 heavy (non-hydrogen) atoms. The number of hydrogen-bond donors (Lipinski definition) is 1. The zero-order valence-electron chi connectivity index (χ0n) is 9.81. The van der Waals surface area contributed by atoms with Crippen LogP contribution in [0.2, 0.25) is 0 Å². The minimum Gasteiger partial charge on any atom is -0.496 e. The summed E-state index contributed by atoms with van der Waals surface area (Å²) in [5.74, 6) is 0.124. The molecule has 1 unspecified atom stereocenters. The number of benzene rings is 1. The molecule has 2 amide bonds. The van der Waals surface area contributed by atoms with Crippen molar-refractivity contribution >= 4 is 6.03 Å². The number of nitrogens with one attached hydrogen (secondary N) is 1. The molecule has 0 bridgehead atoms. The summed E-state index contributed by atoms with van der Waals surface area (Å²) in [4.78, 5) is 12.9. The fraction of sp³-hybridized carbons (Fsp3) is 0.333. The van der Waals surface area contributed by atoms with Crippen LogP contribution in [0, 0.1) is 17.1 Å². The smallest absolute Gasteiger partial charge is 0.318 e. The summed E-state index contributed by atoms with van der Waals surface area (Å²) >= 11 is 0. The molecular weight excluding hydrogens is 237 g/mol. The summed E-state index contributed by atoms with van der Waals surface area (Å²) in [6.07, 6.45) is 0. The summed E-state index contributed by atoms with van der Waals surface area (Å²) in [6, 6.07) is 5.37. The first kappa shape index (κ1) is 12.2. The predicted molar refractivity (Wildman–Crippen MR) is 61.4 cm³/mol. The Morgan fingerprint density at radius 1 is 1.67 bits per heavy atom. The van der Waals surface area contributed by atoms with Crippen LogP contribution in [0.25, 0.3) is 0 Å². The Balaban J connectivity index is 2.26. The lowest BCUT2D eigenvalue weighted by Gasteiger charge is -2.14. The molecule has 1 heterocycles. The van der Waals surface area contributed by atoms with E-state index in [2.05, 4.69) is 5.32 Å². The quantitative estimate of drug-likeness (QED) is 0.824. The number of carbonyl (C=O) groups excluding carboxylic acids is 1. The van der Waals surface area contributed by atoms with Gasteiger partial charge in [-0.1, -0.05) is 0 Å². The Labute approximate surface area is 104 Å². The van der Waals surface area contributed by atoms with E-state index >= 15 is 0 Å². The highest BCUT2D eigenvalue weighted by atomic mass is 19.1. The molecule has 1 aliphatic rings. The highest BCUT2D eigenvalue weighted by molar-refractivity contribution is 5.77. The summed E-state index contributed by atoms with van der Waals surface area (Å²) in [5.41, 5.74) is 0.575. The first-order chi connectivity index (χ1) is 8.65. The van der Waals surface area contributed by atoms with E-state index in [4.69, 9.17) is 10.00 Å². The van der Waals surface area contributed by atoms with Crippen LogP contribution < -0.4 is 10.1 Å². The van der Waals surface area contributed by atoms with Crippen molar-refractivity contribution in [3.05, 3.63) is 29.6 Å². The first-order valence-corrected chi connectivity index (χ1v) is 5.41. The third kappa shape index (κ3) is 2.20. The van der Waals surface area contributed by atoms with Gasteiger partial charge in [-0.2, -0.15) is 5.26 Å². The van der Waals surface area contributed by atoms with E-state index in [0.717, 1.165) is 0 Å². The van der Waals surface area contributed by atoms with Crippen molar-refractivity contribution in [3.8, 4) is 11.8 Å². The molecule has 1 aromatic rings. The second-order valence-corrected chi connectivity index (χ2v) is 3.93. The fourth-order valence-electron chi connectivity index (χ4n) is 1.96. The molecule has 1 fully saturated rings. The predicted octanol–water partition coefficient (Wildman–Crippen LogP) is 1.42. The lowest BCUT2D eigenvalue weighted by atomic mass is 10.1. The van der Waals surface area contributed by atoms with Crippen LogP contribution in [0.1, 0.15) is 11.6 Å². The molecule has 0 aliphatic carbocycles. The normalized spacial score (nSPS) is 18.4. The number of hydrogen-bond acceptors (Lipinski definition) is 3. The molecule has 0 spiro atoms.